The van der Waals surface area contributed by atoms with Gasteiger partial charge in [-0.15, -0.1) is 35.3 Å². The summed E-state index contributed by atoms with van der Waals surface area (Å²) >= 11 is 1.74. The van der Waals surface area contributed by atoms with E-state index < -0.39 is 0 Å². The van der Waals surface area contributed by atoms with E-state index in [4.69, 9.17) is 0 Å². The Labute approximate surface area is 169 Å². The first-order chi connectivity index (χ1) is 11.8. The highest BCUT2D eigenvalue weighted by atomic mass is 127. The van der Waals surface area contributed by atoms with Crippen molar-refractivity contribution >= 4 is 41.3 Å². The van der Waals surface area contributed by atoms with Gasteiger partial charge in [0.2, 0.25) is 0 Å². The fourth-order valence-electron chi connectivity index (χ4n) is 2.31. The summed E-state index contributed by atoms with van der Waals surface area (Å²) in [4.78, 5) is 5.97. The topological polar surface area (TPSA) is 54.2 Å². The number of aromatic nitrogens is 2. The van der Waals surface area contributed by atoms with Crippen molar-refractivity contribution in [2.45, 2.75) is 20.0 Å². The number of thiophene rings is 1. The number of nitrogens with zero attached hydrogens (tertiary/aromatic N) is 3. The summed E-state index contributed by atoms with van der Waals surface area (Å²) in [6.45, 7) is 4.32. The fourth-order valence-corrected chi connectivity index (χ4v) is 2.96. The maximum absolute atomic E-state index is 4.67. The number of benzene rings is 1. The Bertz CT molecular complexity index is 769. The summed E-state index contributed by atoms with van der Waals surface area (Å²) in [5.41, 5.74) is 2.19. The minimum atomic E-state index is 0. The quantitative estimate of drug-likeness (QED) is 0.330. The van der Waals surface area contributed by atoms with E-state index in [1.165, 1.54) is 4.88 Å². The molecule has 0 saturated heterocycles. The summed E-state index contributed by atoms with van der Waals surface area (Å²) in [7, 11) is 0. The average Bonchev–Trinajstić information content (AvgIpc) is 3.31. The first-order valence-corrected chi connectivity index (χ1v) is 8.86. The molecule has 0 spiro atoms. The van der Waals surface area contributed by atoms with E-state index in [0.717, 1.165) is 30.3 Å². The largest absolute Gasteiger partial charge is 0.357 e. The number of aliphatic imine (C=N–C) groups is 1. The van der Waals surface area contributed by atoms with Gasteiger partial charge < -0.3 is 10.6 Å². The van der Waals surface area contributed by atoms with Crippen molar-refractivity contribution in [1.82, 2.24) is 20.4 Å². The zero-order valence-electron chi connectivity index (χ0n) is 14.1. The molecule has 0 saturated carbocycles. The zero-order chi connectivity index (χ0) is 16.6. The summed E-state index contributed by atoms with van der Waals surface area (Å²) in [5, 5.41) is 13.0. The van der Waals surface area contributed by atoms with E-state index in [9.17, 15) is 0 Å². The molecular formula is C18H22IN5S. The highest BCUT2D eigenvalue weighted by Gasteiger charge is 2.01. The third kappa shape index (κ3) is 5.86. The lowest BCUT2D eigenvalue weighted by atomic mass is 10.2. The molecule has 5 nitrogen and oxygen atoms in total. The molecule has 0 bridgehead atoms. The van der Waals surface area contributed by atoms with Crippen molar-refractivity contribution in [3.05, 3.63) is 70.7 Å². The molecule has 0 amide bonds. The number of guanidine groups is 1. The van der Waals surface area contributed by atoms with Gasteiger partial charge in [-0.3, -0.25) is 0 Å². The highest BCUT2D eigenvalue weighted by Crippen LogP contribution is 2.11. The molecule has 3 rings (SSSR count). The van der Waals surface area contributed by atoms with Crippen LogP contribution in [0.3, 0.4) is 0 Å². The van der Waals surface area contributed by atoms with Gasteiger partial charge in [-0.25, -0.2) is 9.67 Å². The van der Waals surface area contributed by atoms with Gasteiger partial charge in [-0.1, -0.05) is 18.2 Å². The summed E-state index contributed by atoms with van der Waals surface area (Å²) in [5.74, 6) is 0.829. The predicted octanol–water partition coefficient (Wildman–Crippen LogP) is 3.81. The smallest absolute Gasteiger partial charge is 0.191 e. The maximum atomic E-state index is 4.67. The van der Waals surface area contributed by atoms with Gasteiger partial charge in [-0.05, 0) is 42.1 Å². The average molecular weight is 467 g/mol. The molecule has 1 aromatic carbocycles. The van der Waals surface area contributed by atoms with Crippen molar-refractivity contribution in [3.63, 3.8) is 0 Å². The number of hydrogen-bond acceptors (Lipinski definition) is 3. The molecule has 2 N–H and O–H groups in total. The molecule has 3 aromatic rings. The summed E-state index contributed by atoms with van der Waals surface area (Å²) < 4.78 is 1.85. The van der Waals surface area contributed by atoms with Crippen LogP contribution in [0.2, 0.25) is 0 Å². The van der Waals surface area contributed by atoms with E-state index in [1.807, 2.05) is 29.1 Å². The van der Waals surface area contributed by atoms with Crippen LogP contribution in [0.4, 0.5) is 0 Å². The van der Waals surface area contributed by atoms with E-state index in [-0.39, 0.29) is 24.0 Å². The van der Waals surface area contributed by atoms with Crippen molar-refractivity contribution in [3.8, 4) is 5.69 Å². The van der Waals surface area contributed by atoms with Crippen molar-refractivity contribution in [2.24, 2.45) is 4.99 Å². The molecule has 0 fully saturated rings. The van der Waals surface area contributed by atoms with Crippen LogP contribution in [0.5, 0.6) is 0 Å². The Morgan fingerprint density at radius 2 is 2.12 bits per heavy atom. The third-order valence-electron chi connectivity index (χ3n) is 3.45. The van der Waals surface area contributed by atoms with Crippen LogP contribution < -0.4 is 10.6 Å². The molecule has 25 heavy (non-hydrogen) atoms. The minimum Gasteiger partial charge on any atom is -0.357 e. The molecule has 132 valence electrons. The van der Waals surface area contributed by atoms with Gasteiger partial charge in [-0.2, -0.15) is 5.10 Å². The lowest BCUT2D eigenvalue weighted by molar-refractivity contribution is 0.822. The van der Waals surface area contributed by atoms with Crippen LogP contribution in [0.25, 0.3) is 5.69 Å². The number of rotatable bonds is 6. The summed E-state index contributed by atoms with van der Waals surface area (Å²) in [6.07, 6.45) is 3.72. The van der Waals surface area contributed by atoms with E-state index in [2.05, 4.69) is 57.3 Å². The SMILES string of the molecule is CCNC(=NCc1cccc(-n2cccn2)c1)NCc1cccs1.I. The Morgan fingerprint density at radius 1 is 1.20 bits per heavy atom. The molecule has 0 aliphatic heterocycles. The second-order valence-corrected chi connectivity index (χ2v) is 6.28. The molecule has 0 aliphatic carbocycles. The molecule has 2 heterocycles. The fraction of sp³-hybridized carbons (Fsp3) is 0.222. The maximum Gasteiger partial charge on any atom is 0.191 e. The number of hydrogen-bond donors (Lipinski definition) is 2. The predicted molar refractivity (Wildman–Crippen MR) is 115 cm³/mol. The normalized spacial score (nSPS) is 11.0. The lowest BCUT2D eigenvalue weighted by Gasteiger charge is -2.11. The Kier molecular flexibility index (Phi) is 7.93. The first kappa shape index (κ1) is 19.5. The van der Waals surface area contributed by atoms with Crippen LogP contribution in [0.1, 0.15) is 17.4 Å². The van der Waals surface area contributed by atoms with Crippen molar-refractivity contribution < 1.29 is 0 Å². The molecule has 2 aromatic heterocycles. The van der Waals surface area contributed by atoms with Gasteiger partial charge in [0.1, 0.15) is 0 Å². The number of halogens is 1. The molecule has 0 radical (unpaired) electrons. The zero-order valence-corrected chi connectivity index (χ0v) is 17.2. The third-order valence-corrected chi connectivity index (χ3v) is 4.33. The summed E-state index contributed by atoms with van der Waals surface area (Å²) in [6, 6.07) is 14.4. The van der Waals surface area contributed by atoms with Gasteiger partial charge in [0.15, 0.2) is 5.96 Å². The lowest BCUT2D eigenvalue weighted by Crippen LogP contribution is -2.36. The van der Waals surface area contributed by atoms with Crippen LogP contribution >= 0.6 is 35.3 Å². The highest BCUT2D eigenvalue weighted by molar-refractivity contribution is 14.0. The molecule has 0 aliphatic rings. The Balaban J connectivity index is 0.00000225. The van der Waals surface area contributed by atoms with Crippen LogP contribution in [-0.4, -0.2) is 22.3 Å². The van der Waals surface area contributed by atoms with E-state index >= 15 is 0 Å². The standard InChI is InChI=1S/C18H21N5S.HI/c1-2-19-18(21-14-17-8-4-11-24-17)20-13-15-6-3-7-16(12-15)23-10-5-9-22-23;/h3-12H,2,13-14H2,1H3,(H2,19,20,21);1H. The van der Waals surface area contributed by atoms with Gasteiger partial charge in [0.25, 0.3) is 0 Å². The van der Waals surface area contributed by atoms with Gasteiger partial charge in [0.05, 0.1) is 18.8 Å². The Hall–Kier alpha value is -1.87. The number of nitrogens with one attached hydrogen (secondary N) is 2. The minimum absolute atomic E-state index is 0. The van der Waals surface area contributed by atoms with E-state index in [1.54, 1.807) is 17.5 Å². The monoisotopic (exact) mass is 467 g/mol. The van der Waals surface area contributed by atoms with E-state index in [0.29, 0.717) is 6.54 Å². The second kappa shape index (κ2) is 10.2. The Morgan fingerprint density at radius 3 is 2.84 bits per heavy atom. The molecule has 0 unspecified atom stereocenters. The van der Waals surface area contributed by atoms with Gasteiger partial charge in [0, 0.05) is 23.8 Å². The molecular weight excluding hydrogens is 445 g/mol. The first-order valence-electron chi connectivity index (χ1n) is 7.98. The second-order valence-electron chi connectivity index (χ2n) is 5.25. The van der Waals surface area contributed by atoms with Crippen molar-refractivity contribution in [2.75, 3.05) is 6.54 Å². The van der Waals surface area contributed by atoms with Gasteiger partial charge >= 0.3 is 0 Å². The molecule has 0 atom stereocenters. The van der Waals surface area contributed by atoms with Crippen molar-refractivity contribution in [1.29, 1.82) is 0 Å². The van der Waals surface area contributed by atoms with Crippen LogP contribution in [0, 0.1) is 0 Å². The van der Waals surface area contributed by atoms with Crippen LogP contribution in [-0.2, 0) is 13.1 Å². The van der Waals surface area contributed by atoms with Crippen LogP contribution in [0.15, 0.2) is 65.2 Å². The molecule has 7 heteroatoms.